The predicted octanol–water partition coefficient (Wildman–Crippen LogP) is -0.803. The second-order valence-electron chi connectivity index (χ2n) is 2.94. The van der Waals surface area contributed by atoms with Crippen molar-refractivity contribution in [2.75, 3.05) is 6.61 Å². The van der Waals surface area contributed by atoms with Crippen LogP contribution in [0.15, 0.2) is 30.3 Å². The Morgan fingerprint density at radius 3 is 2.43 bits per heavy atom. The number of rotatable bonds is 5. The lowest BCUT2D eigenvalue weighted by Gasteiger charge is -2.21. The summed E-state index contributed by atoms with van der Waals surface area (Å²) < 4.78 is 0. The van der Waals surface area contributed by atoms with Gasteiger partial charge in [-0.1, -0.05) is 30.3 Å². The molecule has 0 aliphatic rings. The van der Waals surface area contributed by atoms with E-state index in [0.29, 0.717) is 13.2 Å². The van der Waals surface area contributed by atoms with Crippen LogP contribution in [0.3, 0.4) is 0 Å². The molecule has 2 atom stereocenters. The van der Waals surface area contributed by atoms with E-state index < -0.39 is 12.1 Å². The fraction of sp³-hybridized carbons (Fsp3) is 0.333. The maximum Gasteiger partial charge on any atom is 0.393 e. The lowest BCUT2D eigenvalue weighted by atomic mass is 10.0. The Kier molecular flexibility index (Phi) is 4.62. The molecule has 0 aromatic heterocycles. The first-order valence-electron chi connectivity index (χ1n) is 4.35. The van der Waals surface area contributed by atoms with Crippen molar-refractivity contribution in [3.63, 3.8) is 0 Å². The van der Waals surface area contributed by atoms with Crippen molar-refractivity contribution in [2.45, 2.75) is 12.1 Å². The van der Waals surface area contributed by atoms with Crippen molar-refractivity contribution in [2.24, 2.45) is 0 Å². The second kappa shape index (κ2) is 5.77. The average Bonchev–Trinajstić information content (AvgIpc) is 2.26. The summed E-state index contributed by atoms with van der Waals surface area (Å²) in [6, 6.07) is 8.36. The molecule has 75 valence electrons. The van der Waals surface area contributed by atoms with E-state index in [2.05, 4.69) is 5.23 Å². The standard InChI is InChI=1S/C9H13BNO3/c12-6-8(11-10-14)9(13)7-4-2-1-3-5-7/h1-5,8-9,11-14H,6H2. The van der Waals surface area contributed by atoms with E-state index in [1.807, 2.05) is 6.07 Å². The van der Waals surface area contributed by atoms with Crippen molar-refractivity contribution in [1.29, 1.82) is 0 Å². The third-order valence-corrected chi connectivity index (χ3v) is 2.01. The SMILES string of the molecule is O[B]NC(CO)C(O)c1ccccc1. The van der Waals surface area contributed by atoms with Gasteiger partial charge in [0.2, 0.25) is 0 Å². The highest BCUT2D eigenvalue weighted by atomic mass is 16.3. The van der Waals surface area contributed by atoms with E-state index in [1.54, 1.807) is 24.3 Å². The lowest BCUT2D eigenvalue weighted by Crippen LogP contribution is -2.40. The van der Waals surface area contributed by atoms with Crippen LogP contribution in [-0.4, -0.2) is 35.5 Å². The minimum Gasteiger partial charge on any atom is -0.440 e. The van der Waals surface area contributed by atoms with Gasteiger partial charge in [-0.15, -0.1) is 0 Å². The van der Waals surface area contributed by atoms with Crippen molar-refractivity contribution >= 4 is 7.62 Å². The number of hydrogen-bond acceptors (Lipinski definition) is 4. The third kappa shape index (κ3) is 2.82. The normalized spacial score (nSPS) is 14.8. The van der Waals surface area contributed by atoms with Gasteiger partial charge in [0.25, 0.3) is 0 Å². The Morgan fingerprint density at radius 1 is 1.29 bits per heavy atom. The van der Waals surface area contributed by atoms with E-state index in [9.17, 15) is 5.11 Å². The van der Waals surface area contributed by atoms with E-state index in [-0.39, 0.29) is 6.61 Å². The molecule has 4 nitrogen and oxygen atoms in total. The molecular formula is C9H13BNO3. The average molecular weight is 194 g/mol. The highest BCUT2D eigenvalue weighted by Gasteiger charge is 2.18. The largest absolute Gasteiger partial charge is 0.440 e. The molecule has 0 amide bonds. The Hall–Kier alpha value is -0.875. The van der Waals surface area contributed by atoms with E-state index in [0.717, 1.165) is 0 Å². The van der Waals surface area contributed by atoms with Crippen molar-refractivity contribution in [3.05, 3.63) is 35.9 Å². The molecule has 0 aliphatic heterocycles. The number of aliphatic hydroxyl groups is 2. The number of nitrogens with one attached hydrogen (secondary N) is 1. The molecule has 0 bridgehead atoms. The summed E-state index contributed by atoms with van der Waals surface area (Å²) in [4.78, 5) is 0. The van der Waals surface area contributed by atoms with Crippen LogP contribution in [0.4, 0.5) is 0 Å². The maximum absolute atomic E-state index is 9.76. The molecule has 0 heterocycles. The molecule has 5 heteroatoms. The molecule has 1 rings (SSSR count). The molecule has 1 aromatic rings. The van der Waals surface area contributed by atoms with Gasteiger partial charge in [-0.2, -0.15) is 0 Å². The summed E-state index contributed by atoms with van der Waals surface area (Å²) in [6.07, 6.45) is -0.843. The molecule has 0 aliphatic carbocycles. The summed E-state index contributed by atoms with van der Waals surface area (Å²) in [5, 5.41) is 29.7. The van der Waals surface area contributed by atoms with Crippen molar-refractivity contribution < 1.29 is 15.2 Å². The summed E-state index contributed by atoms with van der Waals surface area (Å²) in [6.45, 7) is -0.257. The Balaban J connectivity index is 2.67. The van der Waals surface area contributed by atoms with Gasteiger partial charge in [0.1, 0.15) is 0 Å². The zero-order valence-corrected chi connectivity index (χ0v) is 7.67. The topological polar surface area (TPSA) is 72.7 Å². The van der Waals surface area contributed by atoms with Gasteiger partial charge < -0.3 is 20.5 Å². The Bertz CT molecular complexity index is 257. The van der Waals surface area contributed by atoms with Crippen molar-refractivity contribution in [3.8, 4) is 0 Å². The molecule has 1 aromatic carbocycles. The smallest absolute Gasteiger partial charge is 0.393 e. The first-order valence-corrected chi connectivity index (χ1v) is 4.35. The number of hydrogen-bond donors (Lipinski definition) is 4. The van der Waals surface area contributed by atoms with E-state index >= 15 is 0 Å². The third-order valence-electron chi connectivity index (χ3n) is 2.01. The summed E-state index contributed by atoms with van der Waals surface area (Å²) in [5.41, 5.74) is 0.695. The molecule has 2 unspecified atom stereocenters. The zero-order valence-electron chi connectivity index (χ0n) is 7.67. The lowest BCUT2D eigenvalue weighted by molar-refractivity contribution is 0.0997. The first kappa shape index (κ1) is 11.2. The molecule has 0 saturated carbocycles. The van der Waals surface area contributed by atoms with Crippen LogP contribution in [0.2, 0.25) is 0 Å². The van der Waals surface area contributed by atoms with Gasteiger partial charge in [-0.3, -0.25) is 0 Å². The second-order valence-corrected chi connectivity index (χ2v) is 2.94. The highest BCUT2D eigenvalue weighted by Crippen LogP contribution is 2.15. The Labute approximate surface area is 83.5 Å². The van der Waals surface area contributed by atoms with Gasteiger partial charge in [0.15, 0.2) is 0 Å². The molecule has 1 radical (unpaired) electrons. The fourth-order valence-electron chi connectivity index (χ4n) is 1.22. The van der Waals surface area contributed by atoms with Crippen LogP contribution in [0, 0.1) is 0 Å². The summed E-state index contributed by atoms with van der Waals surface area (Å²) >= 11 is 0. The van der Waals surface area contributed by atoms with Crippen LogP contribution < -0.4 is 5.23 Å². The van der Waals surface area contributed by atoms with E-state index in [1.165, 1.54) is 0 Å². The van der Waals surface area contributed by atoms with Gasteiger partial charge in [0.05, 0.1) is 18.8 Å². The first-order chi connectivity index (χ1) is 6.79. The monoisotopic (exact) mass is 194 g/mol. The quantitative estimate of drug-likeness (QED) is 0.463. The van der Waals surface area contributed by atoms with Crippen LogP contribution in [-0.2, 0) is 0 Å². The number of benzene rings is 1. The van der Waals surface area contributed by atoms with Gasteiger partial charge in [0, 0.05) is 0 Å². The molecule has 0 spiro atoms. The van der Waals surface area contributed by atoms with Crippen LogP contribution in [0.1, 0.15) is 11.7 Å². The molecule has 4 N–H and O–H groups in total. The van der Waals surface area contributed by atoms with Crippen LogP contribution >= 0.6 is 0 Å². The minimum atomic E-state index is -0.843. The summed E-state index contributed by atoms with van der Waals surface area (Å²) in [7, 11) is 0.715. The van der Waals surface area contributed by atoms with Crippen LogP contribution in [0.5, 0.6) is 0 Å². The van der Waals surface area contributed by atoms with E-state index in [4.69, 9.17) is 10.1 Å². The van der Waals surface area contributed by atoms with Crippen LogP contribution in [0.25, 0.3) is 0 Å². The predicted molar refractivity (Wildman–Crippen MR) is 53.4 cm³/mol. The minimum absolute atomic E-state index is 0.257. The number of aliphatic hydroxyl groups excluding tert-OH is 2. The van der Waals surface area contributed by atoms with Gasteiger partial charge >= 0.3 is 7.62 Å². The molecule has 0 fully saturated rings. The maximum atomic E-state index is 9.76. The fourth-order valence-corrected chi connectivity index (χ4v) is 1.22. The van der Waals surface area contributed by atoms with Gasteiger partial charge in [-0.05, 0) is 5.56 Å². The zero-order chi connectivity index (χ0) is 10.4. The molecule has 0 saturated heterocycles. The summed E-state index contributed by atoms with van der Waals surface area (Å²) in [5.74, 6) is 0. The van der Waals surface area contributed by atoms with Crippen molar-refractivity contribution in [1.82, 2.24) is 5.23 Å². The molecular weight excluding hydrogens is 181 g/mol. The molecule has 14 heavy (non-hydrogen) atoms. The van der Waals surface area contributed by atoms with Gasteiger partial charge in [-0.25, -0.2) is 0 Å². The highest BCUT2D eigenvalue weighted by molar-refractivity contribution is 6.21. The Morgan fingerprint density at radius 2 is 1.93 bits per heavy atom.